The van der Waals surface area contributed by atoms with Crippen molar-refractivity contribution in [2.75, 3.05) is 25.3 Å². The van der Waals surface area contributed by atoms with Crippen LogP contribution in [0, 0.1) is 20.8 Å². The molecule has 4 rings (SSSR count). The van der Waals surface area contributed by atoms with Gasteiger partial charge in [-0.25, -0.2) is 17.9 Å². The van der Waals surface area contributed by atoms with Crippen LogP contribution < -0.4 is 36.9 Å². The molecule has 1 aliphatic rings. The van der Waals surface area contributed by atoms with Crippen molar-refractivity contribution in [3.8, 4) is 5.75 Å². The molecule has 0 spiro atoms. The number of aromatic nitrogens is 1. The number of aliphatic imine (C=N–C) groups is 1. The zero-order valence-corrected chi connectivity index (χ0v) is 33.9. The van der Waals surface area contributed by atoms with E-state index in [4.69, 9.17) is 20.9 Å². The van der Waals surface area contributed by atoms with Crippen LogP contribution >= 0.6 is 11.8 Å². The molecule has 0 unspecified atom stereocenters. The first kappa shape index (κ1) is 42.9. The molecule has 0 bridgehead atoms. The Morgan fingerprint density at radius 1 is 1.05 bits per heavy atom. The Morgan fingerprint density at radius 3 is 2.44 bits per heavy atom. The van der Waals surface area contributed by atoms with Crippen LogP contribution in [-0.2, 0) is 46.8 Å². The van der Waals surface area contributed by atoms with Gasteiger partial charge in [0.25, 0.3) is 10.0 Å². The van der Waals surface area contributed by atoms with Gasteiger partial charge in [0.2, 0.25) is 23.7 Å². The van der Waals surface area contributed by atoms with Gasteiger partial charge < -0.3 is 41.9 Å². The molecule has 0 saturated carbocycles. The van der Waals surface area contributed by atoms with E-state index in [0.717, 1.165) is 27.6 Å². The van der Waals surface area contributed by atoms with Crippen molar-refractivity contribution >= 4 is 62.3 Å². The van der Waals surface area contributed by atoms with E-state index in [1.165, 1.54) is 25.8 Å². The maximum Gasteiger partial charge on any atom is 0.329 e. The number of thioether (sulfide) groups is 1. The number of benzene rings is 2. The number of nitrogens with two attached hydrogens (primary N) is 2. The number of fused-ring (bicyclic) bond motifs is 2. The molecule has 0 fully saturated rings. The van der Waals surface area contributed by atoms with E-state index in [2.05, 4.69) is 30.6 Å². The summed E-state index contributed by atoms with van der Waals surface area (Å²) < 4.78 is 40.4. The smallest absolute Gasteiger partial charge is 0.329 e. The lowest BCUT2D eigenvalue weighted by atomic mass is 9.94. The number of hydrogen-bond donors (Lipinski definition) is 7. The molecule has 3 aromatic rings. The first-order valence-corrected chi connectivity index (χ1v) is 20.4. The van der Waals surface area contributed by atoms with Crippen LogP contribution in [0.15, 0.2) is 40.4 Å². The minimum atomic E-state index is -4.09. The predicted molar refractivity (Wildman–Crippen MR) is 212 cm³/mol. The Bertz CT molecular complexity index is 2060. The van der Waals surface area contributed by atoms with Gasteiger partial charge in [-0.05, 0) is 75.8 Å². The van der Waals surface area contributed by atoms with Crippen LogP contribution in [0.25, 0.3) is 10.9 Å². The van der Waals surface area contributed by atoms with Crippen LogP contribution in [0.5, 0.6) is 5.75 Å². The molecule has 0 saturated heterocycles. The number of amides is 3. The lowest BCUT2D eigenvalue weighted by Gasteiger charge is -2.23. The molecule has 2 heterocycles. The first-order valence-electron chi connectivity index (χ1n) is 17.8. The SMILES string of the molecule is COC(=O)[C@H](CSCNC(C)=O)NC(=O)[C@H](Cc1c[nH]c2ccccc12)NC(=O)[C@@H](N)CCCN=C(N)NS(=O)(=O)c1c(C)c(C)c2c(c1C)CC(C)(C)O2. The second-order valence-corrected chi connectivity index (χ2v) is 16.8. The molecule has 300 valence electrons. The van der Waals surface area contributed by atoms with Crippen molar-refractivity contribution in [3.63, 3.8) is 0 Å². The maximum absolute atomic E-state index is 13.7. The van der Waals surface area contributed by atoms with Gasteiger partial charge in [0, 0.05) is 54.7 Å². The number of para-hydroxylation sites is 1. The van der Waals surface area contributed by atoms with Crippen molar-refractivity contribution in [2.24, 2.45) is 16.5 Å². The first-order chi connectivity index (χ1) is 25.8. The summed E-state index contributed by atoms with van der Waals surface area (Å²) >= 11 is 1.21. The zero-order chi connectivity index (χ0) is 40.7. The summed E-state index contributed by atoms with van der Waals surface area (Å²) in [7, 11) is -2.89. The van der Waals surface area contributed by atoms with Gasteiger partial charge in [-0.15, -0.1) is 11.8 Å². The summed E-state index contributed by atoms with van der Waals surface area (Å²) in [5.74, 6) is -1.45. The fourth-order valence-electron chi connectivity index (χ4n) is 6.43. The molecule has 3 amide bonds. The third-order valence-electron chi connectivity index (χ3n) is 9.33. The van der Waals surface area contributed by atoms with Crippen molar-refractivity contribution < 1.29 is 37.1 Å². The molecule has 16 nitrogen and oxygen atoms in total. The average molecular weight is 801 g/mol. The second-order valence-electron chi connectivity index (χ2n) is 14.1. The predicted octanol–water partition coefficient (Wildman–Crippen LogP) is 1.72. The number of carbonyl (C=O) groups excluding carboxylic acids is 4. The lowest BCUT2D eigenvalue weighted by Crippen LogP contribution is -2.55. The molecule has 55 heavy (non-hydrogen) atoms. The Hall–Kier alpha value is -4.81. The van der Waals surface area contributed by atoms with Gasteiger partial charge in [0.1, 0.15) is 23.4 Å². The number of guanidine groups is 1. The van der Waals surface area contributed by atoms with Gasteiger partial charge in [-0.3, -0.25) is 19.4 Å². The van der Waals surface area contributed by atoms with E-state index in [1.54, 1.807) is 20.0 Å². The molecule has 3 atom stereocenters. The highest BCUT2D eigenvalue weighted by molar-refractivity contribution is 7.99. The van der Waals surface area contributed by atoms with Gasteiger partial charge in [-0.1, -0.05) is 18.2 Å². The Balaban J connectivity index is 1.40. The largest absolute Gasteiger partial charge is 0.487 e. The molecule has 1 aliphatic heterocycles. The minimum Gasteiger partial charge on any atom is -0.487 e. The highest BCUT2D eigenvalue weighted by Crippen LogP contribution is 2.43. The average Bonchev–Trinajstić information content (AvgIpc) is 3.69. The summed E-state index contributed by atoms with van der Waals surface area (Å²) in [4.78, 5) is 58.3. The molecule has 0 aliphatic carbocycles. The van der Waals surface area contributed by atoms with E-state index in [1.807, 2.05) is 45.0 Å². The zero-order valence-electron chi connectivity index (χ0n) is 32.3. The van der Waals surface area contributed by atoms with Crippen molar-refractivity contribution in [2.45, 2.75) is 95.8 Å². The molecular formula is C37H52N8O8S2. The molecule has 9 N–H and O–H groups in total. The lowest BCUT2D eigenvalue weighted by molar-refractivity contribution is -0.144. The van der Waals surface area contributed by atoms with Crippen LogP contribution in [0.3, 0.4) is 0 Å². The van der Waals surface area contributed by atoms with E-state index < -0.39 is 51.5 Å². The Labute approximate surface area is 325 Å². The Kier molecular flexibility index (Phi) is 14.2. The summed E-state index contributed by atoms with van der Waals surface area (Å²) in [5.41, 5.74) is 16.2. The fraction of sp³-hybridized carbons (Fsp3) is 0.486. The molecule has 2 aromatic carbocycles. The number of aromatic amines is 1. The second kappa shape index (κ2) is 18.2. The van der Waals surface area contributed by atoms with Crippen LogP contribution in [0.1, 0.15) is 61.4 Å². The van der Waals surface area contributed by atoms with Crippen molar-refractivity contribution in [3.05, 3.63) is 58.3 Å². The summed E-state index contributed by atoms with van der Waals surface area (Å²) in [6.07, 6.45) is 2.81. The standard InChI is InChI=1S/C37H52N8O8S2/c1-20-21(2)32(22(3)26-16-37(5,6)53-31(20)26)55(50,51)45-36(39)40-14-10-12-27(38)33(47)43-29(15-24-17-41-28-13-9-8-11-25(24)28)34(48)44-30(35(49)52-7)18-54-19-42-23(4)46/h8-9,11,13,17,27,29-30,41H,10,12,14-16,18-19,38H2,1-7H3,(H,42,46)(H,43,47)(H,44,48)(H3,39,40,45)/t27-,29-,30-/m0/s1. The van der Waals surface area contributed by atoms with Crippen LogP contribution in [0.2, 0.25) is 0 Å². The molecule has 1 aromatic heterocycles. The third-order valence-corrected chi connectivity index (χ3v) is 11.9. The maximum atomic E-state index is 13.7. The number of esters is 1. The number of ether oxygens (including phenoxy) is 2. The number of carbonyl (C=O) groups is 4. The Morgan fingerprint density at radius 2 is 1.75 bits per heavy atom. The number of rotatable bonds is 17. The molecule has 18 heteroatoms. The highest BCUT2D eigenvalue weighted by atomic mass is 32.2. The molecule has 0 radical (unpaired) electrons. The topological polar surface area (TPSA) is 249 Å². The van der Waals surface area contributed by atoms with Crippen molar-refractivity contribution in [1.29, 1.82) is 0 Å². The molecular weight excluding hydrogens is 749 g/mol. The van der Waals surface area contributed by atoms with E-state index in [0.29, 0.717) is 23.3 Å². The number of H-pyrrole nitrogens is 1. The summed E-state index contributed by atoms with van der Waals surface area (Å²) in [5, 5.41) is 8.88. The number of nitrogens with one attached hydrogen (secondary N) is 5. The number of sulfonamides is 1. The van der Waals surface area contributed by atoms with Crippen LogP contribution in [0.4, 0.5) is 0 Å². The summed E-state index contributed by atoms with van der Waals surface area (Å²) in [6, 6.07) is 4.25. The van der Waals surface area contributed by atoms with E-state index >= 15 is 0 Å². The quantitative estimate of drug-likeness (QED) is 0.0341. The van der Waals surface area contributed by atoms with Gasteiger partial charge in [-0.2, -0.15) is 0 Å². The summed E-state index contributed by atoms with van der Waals surface area (Å²) in [6.45, 7) is 10.7. The normalized spacial score (nSPS) is 15.3. The number of methoxy groups -OCH3 is 1. The van der Waals surface area contributed by atoms with E-state index in [9.17, 15) is 27.6 Å². The van der Waals surface area contributed by atoms with Crippen molar-refractivity contribution in [1.82, 2.24) is 25.7 Å². The minimum absolute atomic E-state index is 0.0642. The van der Waals surface area contributed by atoms with E-state index in [-0.39, 0.29) is 54.2 Å². The third kappa shape index (κ3) is 10.9. The van der Waals surface area contributed by atoms with Gasteiger partial charge in [0.15, 0.2) is 0 Å². The number of hydrogen-bond acceptors (Lipinski definition) is 11. The van der Waals surface area contributed by atoms with Crippen LogP contribution in [-0.4, -0.2) is 92.1 Å². The monoisotopic (exact) mass is 800 g/mol. The van der Waals surface area contributed by atoms with Gasteiger partial charge in [0.05, 0.1) is 23.9 Å². The number of nitrogens with zero attached hydrogens (tertiary/aromatic N) is 1. The highest BCUT2D eigenvalue weighted by Gasteiger charge is 2.37. The fourth-order valence-corrected chi connectivity index (χ4v) is 8.83. The van der Waals surface area contributed by atoms with Gasteiger partial charge >= 0.3 is 5.97 Å².